The minimum atomic E-state index is -0.196. The maximum Gasteiger partial charge on any atom is 0.222 e. The van der Waals surface area contributed by atoms with Crippen LogP contribution in [0.4, 0.5) is 5.82 Å². The van der Waals surface area contributed by atoms with Crippen molar-refractivity contribution in [2.75, 3.05) is 5.32 Å². The molecule has 104 valence electrons. The second kappa shape index (κ2) is 5.20. The molecule has 2 N–H and O–H groups in total. The molecule has 2 aromatic heterocycles. The number of rotatable bonds is 2. The largest absolute Gasteiger partial charge is 0.506 e. The summed E-state index contributed by atoms with van der Waals surface area (Å²) in [5.41, 5.74) is 1.87. The van der Waals surface area contributed by atoms with Crippen LogP contribution in [0.15, 0.2) is 48.7 Å². The fraction of sp³-hybridized carbons (Fsp3) is 0.0625. The average Bonchev–Trinajstić information content (AvgIpc) is 2.47. The van der Waals surface area contributed by atoms with Crippen molar-refractivity contribution < 1.29 is 9.90 Å². The minimum absolute atomic E-state index is 0.124. The van der Waals surface area contributed by atoms with Crippen LogP contribution >= 0.6 is 0 Å². The van der Waals surface area contributed by atoms with Crippen LogP contribution in [0.2, 0.25) is 0 Å². The van der Waals surface area contributed by atoms with Gasteiger partial charge < -0.3 is 10.4 Å². The van der Waals surface area contributed by atoms with Crippen LogP contribution in [-0.4, -0.2) is 21.0 Å². The van der Waals surface area contributed by atoms with Crippen LogP contribution in [-0.2, 0) is 4.79 Å². The first-order valence-electron chi connectivity index (χ1n) is 6.47. The number of para-hydroxylation sites is 1. The minimum Gasteiger partial charge on any atom is -0.506 e. The zero-order chi connectivity index (χ0) is 14.8. The van der Waals surface area contributed by atoms with Crippen molar-refractivity contribution in [2.45, 2.75) is 6.92 Å². The van der Waals surface area contributed by atoms with E-state index < -0.39 is 0 Å². The molecule has 0 saturated carbocycles. The molecule has 5 nitrogen and oxygen atoms in total. The maximum atomic E-state index is 11.3. The number of aromatic nitrogens is 2. The Labute approximate surface area is 121 Å². The van der Waals surface area contributed by atoms with Gasteiger partial charge in [-0.3, -0.25) is 4.79 Å². The number of amides is 1. The van der Waals surface area contributed by atoms with E-state index in [0.717, 1.165) is 5.39 Å². The highest BCUT2D eigenvalue weighted by atomic mass is 16.3. The van der Waals surface area contributed by atoms with E-state index in [1.807, 2.05) is 24.3 Å². The Balaban J connectivity index is 2.17. The third-order valence-electron chi connectivity index (χ3n) is 3.08. The van der Waals surface area contributed by atoms with Gasteiger partial charge in [-0.25, -0.2) is 9.97 Å². The molecule has 0 aliphatic rings. The lowest BCUT2D eigenvalue weighted by molar-refractivity contribution is -0.114. The van der Waals surface area contributed by atoms with E-state index in [9.17, 15) is 9.90 Å². The Morgan fingerprint density at radius 3 is 2.81 bits per heavy atom. The second-order valence-corrected chi connectivity index (χ2v) is 4.63. The molecule has 21 heavy (non-hydrogen) atoms. The SMILES string of the molecule is CC(=O)Nc1ncccc1-c1ccc2cccc(O)c2n1. The molecule has 0 atom stereocenters. The summed E-state index contributed by atoms with van der Waals surface area (Å²) in [5, 5.41) is 13.4. The van der Waals surface area contributed by atoms with Gasteiger partial charge in [0.1, 0.15) is 17.1 Å². The number of anilines is 1. The van der Waals surface area contributed by atoms with Gasteiger partial charge in [-0.05, 0) is 24.3 Å². The topological polar surface area (TPSA) is 75.1 Å². The predicted octanol–water partition coefficient (Wildman–Crippen LogP) is 2.96. The monoisotopic (exact) mass is 279 g/mol. The Bertz CT molecular complexity index is 831. The number of fused-ring (bicyclic) bond motifs is 1. The lowest BCUT2D eigenvalue weighted by atomic mass is 10.1. The van der Waals surface area contributed by atoms with Gasteiger partial charge in [-0.2, -0.15) is 0 Å². The number of carbonyl (C=O) groups excluding carboxylic acids is 1. The van der Waals surface area contributed by atoms with Crippen LogP contribution in [0.25, 0.3) is 22.2 Å². The smallest absolute Gasteiger partial charge is 0.222 e. The predicted molar refractivity (Wildman–Crippen MR) is 80.9 cm³/mol. The molecule has 0 saturated heterocycles. The van der Waals surface area contributed by atoms with Crippen molar-refractivity contribution >= 4 is 22.6 Å². The number of nitrogens with zero attached hydrogens (tertiary/aromatic N) is 2. The van der Waals surface area contributed by atoms with E-state index in [2.05, 4.69) is 15.3 Å². The summed E-state index contributed by atoms with van der Waals surface area (Å²) < 4.78 is 0. The van der Waals surface area contributed by atoms with Crippen molar-refractivity contribution in [3.63, 3.8) is 0 Å². The molecule has 0 fully saturated rings. The first-order chi connectivity index (χ1) is 10.1. The second-order valence-electron chi connectivity index (χ2n) is 4.63. The molecule has 0 spiro atoms. The van der Waals surface area contributed by atoms with Gasteiger partial charge in [0.2, 0.25) is 5.91 Å². The zero-order valence-electron chi connectivity index (χ0n) is 11.4. The van der Waals surface area contributed by atoms with E-state index in [1.54, 1.807) is 24.4 Å². The number of benzene rings is 1. The molecule has 5 heteroatoms. The fourth-order valence-electron chi connectivity index (χ4n) is 2.16. The Morgan fingerprint density at radius 2 is 2.00 bits per heavy atom. The highest BCUT2D eigenvalue weighted by molar-refractivity contribution is 5.93. The molecule has 2 heterocycles. The quantitative estimate of drug-likeness (QED) is 0.756. The maximum absolute atomic E-state index is 11.3. The van der Waals surface area contributed by atoms with Crippen LogP contribution in [0, 0.1) is 0 Å². The van der Waals surface area contributed by atoms with Gasteiger partial charge in [-0.1, -0.05) is 18.2 Å². The molecule has 0 aliphatic carbocycles. The Hall–Kier alpha value is -2.95. The number of phenolic OH excluding ortho intramolecular Hbond substituents is 1. The van der Waals surface area contributed by atoms with E-state index in [-0.39, 0.29) is 11.7 Å². The number of nitrogens with one attached hydrogen (secondary N) is 1. The third kappa shape index (κ3) is 2.53. The number of hydrogen-bond acceptors (Lipinski definition) is 4. The summed E-state index contributed by atoms with van der Waals surface area (Å²) >= 11 is 0. The molecular weight excluding hydrogens is 266 g/mol. The number of hydrogen-bond donors (Lipinski definition) is 2. The molecule has 0 unspecified atom stereocenters. The highest BCUT2D eigenvalue weighted by Crippen LogP contribution is 2.29. The van der Waals surface area contributed by atoms with Gasteiger partial charge in [0.05, 0.1) is 5.69 Å². The number of pyridine rings is 2. The van der Waals surface area contributed by atoms with Gasteiger partial charge >= 0.3 is 0 Å². The lowest BCUT2D eigenvalue weighted by Crippen LogP contribution is -2.08. The zero-order valence-corrected chi connectivity index (χ0v) is 11.4. The first kappa shape index (κ1) is 13.1. The summed E-state index contributed by atoms with van der Waals surface area (Å²) in [7, 11) is 0. The van der Waals surface area contributed by atoms with Gasteiger partial charge in [0.25, 0.3) is 0 Å². The van der Waals surface area contributed by atoms with Crippen LogP contribution in [0.3, 0.4) is 0 Å². The number of carbonyl (C=O) groups is 1. The van der Waals surface area contributed by atoms with Crippen molar-refractivity contribution in [1.29, 1.82) is 0 Å². The average molecular weight is 279 g/mol. The Morgan fingerprint density at radius 1 is 1.14 bits per heavy atom. The van der Waals surface area contributed by atoms with Crippen molar-refractivity contribution in [2.24, 2.45) is 0 Å². The molecular formula is C16H13N3O2. The van der Waals surface area contributed by atoms with Crippen LogP contribution < -0.4 is 5.32 Å². The van der Waals surface area contributed by atoms with Gasteiger partial charge in [-0.15, -0.1) is 0 Å². The summed E-state index contributed by atoms with van der Waals surface area (Å²) in [4.78, 5) is 19.9. The normalized spacial score (nSPS) is 10.5. The standard InChI is InChI=1S/C16H13N3O2/c1-10(20)18-16-12(5-3-9-17-16)13-8-7-11-4-2-6-14(21)15(11)19-13/h2-9,21H,1H3,(H,17,18,20). The lowest BCUT2D eigenvalue weighted by Gasteiger charge is -2.09. The molecule has 1 aromatic carbocycles. The summed E-state index contributed by atoms with van der Waals surface area (Å²) in [6.07, 6.45) is 1.60. The van der Waals surface area contributed by atoms with E-state index >= 15 is 0 Å². The van der Waals surface area contributed by atoms with E-state index in [1.165, 1.54) is 6.92 Å². The van der Waals surface area contributed by atoms with Crippen molar-refractivity contribution in [3.05, 3.63) is 48.7 Å². The molecule has 3 aromatic rings. The Kier molecular flexibility index (Phi) is 3.23. The van der Waals surface area contributed by atoms with E-state index in [0.29, 0.717) is 22.6 Å². The summed E-state index contributed by atoms with van der Waals surface area (Å²) in [6, 6.07) is 12.6. The molecule has 0 radical (unpaired) electrons. The van der Waals surface area contributed by atoms with Crippen molar-refractivity contribution in [3.8, 4) is 17.0 Å². The van der Waals surface area contributed by atoms with Gasteiger partial charge in [0.15, 0.2) is 0 Å². The summed E-state index contributed by atoms with van der Waals surface area (Å²) in [5.74, 6) is 0.380. The van der Waals surface area contributed by atoms with Gasteiger partial charge in [0, 0.05) is 24.1 Å². The number of aromatic hydroxyl groups is 1. The van der Waals surface area contributed by atoms with Crippen LogP contribution in [0.1, 0.15) is 6.92 Å². The van der Waals surface area contributed by atoms with Crippen LogP contribution in [0.5, 0.6) is 5.75 Å². The fourth-order valence-corrected chi connectivity index (χ4v) is 2.16. The third-order valence-corrected chi connectivity index (χ3v) is 3.08. The van der Waals surface area contributed by atoms with E-state index in [4.69, 9.17) is 0 Å². The molecule has 0 bridgehead atoms. The summed E-state index contributed by atoms with van der Waals surface area (Å²) in [6.45, 7) is 1.43. The van der Waals surface area contributed by atoms with Crippen molar-refractivity contribution in [1.82, 2.24) is 9.97 Å². The number of phenols is 1. The highest BCUT2D eigenvalue weighted by Gasteiger charge is 2.10. The molecule has 3 rings (SSSR count). The first-order valence-corrected chi connectivity index (χ1v) is 6.47. The molecule has 0 aliphatic heterocycles. The molecule has 1 amide bonds.